The SMILES string of the molecule is O=C(O)CC(O)CNCc1ccccc1[N+](=O)[O-]. The smallest absolute Gasteiger partial charge is 0.306 e. The first kappa shape index (κ1) is 14.1. The molecule has 1 aromatic rings. The fourth-order valence-electron chi connectivity index (χ4n) is 1.49. The average molecular weight is 254 g/mol. The van der Waals surface area contributed by atoms with E-state index in [-0.39, 0.29) is 25.2 Å². The van der Waals surface area contributed by atoms with Crippen molar-refractivity contribution in [1.29, 1.82) is 0 Å². The summed E-state index contributed by atoms with van der Waals surface area (Å²) in [6.07, 6.45) is -1.37. The Morgan fingerprint density at radius 2 is 2.11 bits per heavy atom. The van der Waals surface area contributed by atoms with E-state index in [1.54, 1.807) is 18.2 Å². The average Bonchev–Trinajstić information content (AvgIpc) is 2.28. The van der Waals surface area contributed by atoms with Gasteiger partial charge in [0.1, 0.15) is 0 Å². The topological polar surface area (TPSA) is 113 Å². The van der Waals surface area contributed by atoms with E-state index in [1.165, 1.54) is 6.07 Å². The Kier molecular flexibility index (Phi) is 5.22. The number of hydrogen-bond acceptors (Lipinski definition) is 5. The highest BCUT2D eigenvalue weighted by Crippen LogP contribution is 2.16. The van der Waals surface area contributed by atoms with Crippen molar-refractivity contribution in [2.75, 3.05) is 6.54 Å². The molecule has 0 saturated carbocycles. The number of nitro benzene ring substituents is 1. The lowest BCUT2D eigenvalue weighted by atomic mass is 10.1. The van der Waals surface area contributed by atoms with Gasteiger partial charge in [-0.2, -0.15) is 0 Å². The third-order valence-electron chi connectivity index (χ3n) is 2.29. The molecule has 18 heavy (non-hydrogen) atoms. The van der Waals surface area contributed by atoms with Crippen molar-refractivity contribution in [3.63, 3.8) is 0 Å². The fraction of sp³-hybridized carbons (Fsp3) is 0.364. The van der Waals surface area contributed by atoms with Gasteiger partial charge in [-0.1, -0.05) is 18.2 Å². The van der Waals surface area contributed by atoms with Crippen molar-refractivity contribution in [3.05, 3.63) is 39.9 Å². The molecule has 0 spiro atoms. The minimum atomic E-state index is -1.09. The van der Waals surface area contributed by atoms with E-state index >= 15 is 0 Å². The van der Waals surface area contributed by atoms with Gasteiger partial charge in [-0.05, 0) is 0 Å². The third kappa shape index (κ3) is 4.48. The van der Waals surface area contributed by atoms with Gasteiger partial charge in [0.25, 0.3) is 5.69 Å². The summed E-state index contributed by atoms with van der Waals surface area (Å²) in [6, 6.07) is 6.25. The summed E-state index contributed by atoms with van der Waals surface area (Å²) in [5.41, 5.74) is 0.489. The lowest BCUT2D eigenvalue weighted by Gasteiger charge is -2.09. The number of carboxylic acid groups (broad SMARTS) is 1. The van der Waals surface area contributed by atoms with Crippen LogP contribution in [0.4, 0.5) is 5.69 Å². The molecule has 0 aliphatic heterocycles. The van der Waals surface area contributed by atoms with Crippen molar-refractivity contribution in [2.45, 2.75) is 19.1 Å². The van der Waals surface area contributed by atoms with Gasteiger partial charge in [-0.3, -0.25) is 14.9 Å². The minimum Gasteiger partial charge on any atom is -0.481 e. The molecule has 0 heterocycles. The van der Waals surface area contributed by atoms with Crippen LogP contribution in [-0.2, 0) is 11.3 Å². The van der Waals surface area contributed by atoms with Gasteiger partial charge >= 0.3 is 5.97 Å². The Morgan fingerprint density at radius 3 is 2.72 bits per heavy atom. The highest BCUT2D eigenvalue weighted by molar-refractivity contribution is 5.67. The summed E-state index contributed by atoms with van der Waals surface area (Å²) >= 11 is 0. The van der Waals surface area contributed by atoms with Gasteiger partial charge < -0.3 is 15.5 Å². The van der Waals surface area contributed by atoms with Crippen LogP contribution in [0.2, 0.25) is 0 Å². The summed E-state index contributed by atoms with van der Waals surface area (Å²) in [5.74, 6) is -1.09. The van der Waals surface area contributed by atoms with Crippen molar-refractivity contribution >= 4 is 11.7 Å². The molecule has 3 N–H and O–H groups in total. The van der Waals surface area contributed by atoms with Crippen LogP contribution < -0.4 is 5.32 Å². The molecule has 1 unspecified atom stereocenters. The zero-order valence-electron chi connectivity index (χ0n) is 9.57. The fourth-order valence-corrected chi connectivity index (χ4v) is 1.49. The number of carboxylic acids is 1. The van der Waals surface area contributed by atoms with Gasteiger partial charge in [0.2, 0.25) is 0 Å². The second kappa shape index (κ2) is 6.67. The molecular formula is C11H14N2O5. The van der Waals surface area contributed by atoms with Crippen LogP contribution in [0.15, 0.2) is 24.3 Å². The summed E-state index contributed by atoms with van der Waals surface area (Å²) < 4.78 is 0. The van der Waals surface area contributed by atoms with Crippen molar-refractivity contribution < 1.29 is 19.9 Å². The first-order valence-corrected chi connectivity index (χ1v) is 5.33. The molecule has 7 heteroatoms. The van der Waals surface area contributed by atoms with Gasteiger partial charge in [-0.25, -0.2) is 0 Å². The lowest BCUT2D eigenvalue weighted by Crippen LogP contribution is -2.28. The monoisotopic (exact) mass is 254 g/mol. The predicted octanol–water partition coefficient (Wildman–Crippen LogP) is 0.520. The lowest BCUT2D eigenvalue weighted by molar-refractivity contribution is -0.385. The summed E-state index contributed by atoms with van der Waals surface area (Å²) in [6.45, 7) is 0.270. The number of nitro groups is 1. The Labute approximate surface area is 103 Å². The van der Waals surface area contributed by atoms with E-state index in [0.717, 1.165) is 0 Å². The second-order valence-electron chi connectivity index (χ2n) is 3.77. The molecule has 0 fully saturated rings. The van der Waals surface area contributed by atoms with E-state index < -0.39 is 17.0 Å². The first-order valence-electron chi connectivity index (χ1n) is 5.33. The maximum Gasteiger partial charge on any atom is 0.306 e. The van der Waals surface area contributed by atoms with E-state index in [2.05, 4.69) is 5.32 Å². The van der Waals surface area contributed by atoms with Crippen molar-refractivity contribution in [1.82, 2.24) is 5.32 Å². The van der Waals surface area contributed by atoms with Crippen LogP contribution in [0.5, 0.6) is 0 Å². The molecule has 1 aromatic carbocycles. The number of rotatable bonds is 7. The van der Waals surface area contributed by atoms with Gasteiger partial charge in [0.05, 0.1) is 17.4 Å². The molecule has 0 aliphatic rings. The zero-order valence-corrected chi connectivity index (χ0v) is 9.57. The van der Waals surface area contributed by atoms with Gasteiger partial charge in [-0.15, -0.1) is 0 Å². The minimum absolute atomic E-state index is 0.00211. The number of benzene rings is 1. The molecule has 0 aromatic heterocycles. The molecule has 98 valence electrons. The quantitative estimate of drug-likeness (QED) is 0.483. The molecule has 0 amide bonds. The Bertz CT molecular complexity index is 435. The van der Waals surface area contributed by atoms with Crippen LogP contribution in [0.1, 0.15) is 12.0 Å². The number of para-hydroxylation sites is 1. The molecular weight excluding hydrogens is 240 g/mol. The van der Waals surface area contributed by atoms with Crippen molar-refractivity contribution in [3.8, 4) is 0 Å². The molecule has 7 nitrogen and oxygen atoms in total. The van der Waals surface area contributed by atoms with E-state index in [0.29, 0.717) is 5.56 Å². The standard InChI is InChI=1S/C11H14N2O5/c14-9(5-11(15)16)7-12-6-8-3-1-2-4-10(8)13(17)18/h1-4,9,12,14H,5-7H2,(H,15,16). The number of aliphatic carboxylic acids is 1. The Hall–Kier alpha value is -1.99. The van der Waals surface area contributed by atoms with Gasteiger partial charge in [0.15, 0.2) is 0 Å². The summed E-state index contributed by atoms with van der Waals surface area (Å²) in [7, 11) is 0. The number of hydrogen-bond donors (Lipinski definition) is 3. The summed E-state index contributed by atoms with van der Waals surface area (Å²) in [4.78, 5) is 20.5. The first-order chi connectivity index (χ1) is 8.50. The van der Waals surface area contributed by atoms with Crippen LogP contribution >= 0.6 is 0 Å². The number of nitrogens with zero attached hydrogens (tertiary/aromatic N) is 1. The molecule has 0 bridgehead atoms. The van der Waals surface area contributed by atoms with Crippen molar-refractivity contribution in [2.24, 2.45) is 0 Å². The Balaban J connectivity index is 2.49. The van der Waals surface area contributed by atoms with E-state index in [4.69, 9.17) is 5.11 Å². The van der Waals surface area contributed by atoms with Gasteiger partial charge in [0, 0.05) is 24.7 Å². The third-order valence-corrected chi connectivity index (χ3v) is 2.29. The largest absolute Gasteiger partial charge is 0.481 e. The maximum atomic E-state index is 10.7. The second-order valence-corrected chi connectivity index (χ2v) is 3.77. The number of nitrogens with one attached hydrogen (secondary N) is 1. The van der Waals surface area contributed by atoms with E-state index in [1.807, 2.05) is 0 Å². The molecule has 0 saturated heterocycles. The normalized spacial score (nSPS) is 12.1. The number of aliphatic hydroxyl groups is 1. The highest BCUT2D eigenvalue weighted by Gasteiger charge is 2.13. The molecule has 0 aliphatic carbocycles. The van der Waals surface area contributed by atoms with Crippen LogP contribution in [0.25, 0.3) is 0 Å². The molecule has 1 rings (SSSR count). The Morgan fingerprint density at radius 1 is 1.44 bits per heavy atom. The number of carbonyl (C=O) groups is 1. The number of aliphatic hydroxyl groups excluding tert-OH is 1. The maximum absolute atomic E-state index is 10.7. The van der Waals surface area contributed by atoms with Crippen LogP contribution in [0.3, 0.4) is 0 Å². The van der Waals surface area contributed by atoms with Crippen LogP contribution in [-0.4, -0.2) is 33.8 Å². The zero-order chi connectivity index (χ0) is 13.5. The highest BCUT2D eigenvalue weighted by atomic mass is 16.6. The summed E-state index contributed by atoms with van der Waals surface area (Å²) in [5, 5.41) is 31.2. The predicted molar refractivity (Wildman–Crippen MR) is 63.1 cm³/mol. The van der Waals surface area contributed by atoms with E-state index in [9.17, 15) is 20.0 Å². The molecule has 1 atom stereocenters. The van der Waals surface area contributed by atoms with Crippen LogP contribution in [0, 0.1) is 10.1 Å². The molecule has 0 radical (unpaired) electrons.